The highest BCUT2D eigenvalue weighted by atomic mass is 28.4. The van der Waals surface area contributed by atoms with Crippen molar-refractivity contribution in [3.8, 4) is 0 Å². The molecule has 400 valence electrons. The number of carbonyl (C=O) groups is 1. The maximum Gasteiger partial charge on any atom is 0.328 e. The number of rotatable bonds is 23. The van der Waals surface area contributed by atoms with E-state index in [1.807, 2.05) is 91.8 Å². The first-order chi connectivity index (χ1) is 32.4. The number of aliphatic carboxylic acids is 1. The maximum atomic E-state index is 10.6. The zero-order valence-electron chi connectivity index (χ0n) is 46.1. The number of allylic oxidation sites excluding steroid dienone is 10. The van der Waals surface area contributed by atoms with Gasteiger partial charge in [0.1, 0.15) is 0 Å². The monoisotopic (exact) mass is 1000 g/mol. The molecule has 0 unspecified atom stereocenters. The Morgan fingerprint density at radius 1 is 0.586 bits per heavy atom. The normalized spacial score (nSPS) is 31.2. The minimum Gasteiger partial charge on any atom is -0.478 e. The molecular formula is C57H96O12Si. The van der Waals surface area contributed by atoms with E-state index in [1.165, 1.54) is 6.08 Å². The number of ether oxygens (including phenoxy) is 8. The average molecular weight is 1000 g/mol. The molecule has 0 aromatic carbocycles. The standard InChI is InChI=1S/C57H96O12Si/c1-40(2)52(60)41(3)30-31-42-32-44(62-54(7,8)61-42)34-46-36-48(66-56(11,12)64-46)38-50-39-49(67-57(13,14)68-50)37-47-35-45(63-55(9,10)65-47)33-43(69-70(15,16)53(4,5)6)28-26-24-22-20-18-17-19-21-23-25-27-29-51(58)59/h17-27,29,40-50,52,60H,28,30-39H2,1-16H3,(H,58,59)/b18-17+,21-19+,22-20+,25-23+,26-24+,29-27+/t41-,42-,43+,44-,45-,46-,47-,48+,49-,50-,52-/m0/s1. The van der Waals surface area contributed by atoms with Crippen molar-refractivity contribution in [3.63, 3.8) is 0 Å². The van der Waals surface area contributed by atoms with Gasteiger partial charge in [0.25, 0.3) is 0 Å². The maximum absolute atomic E-state index is 10.6. The highest BCUT2D eigenvalue weighted by Gasteiger charge is 2.46. The van der Waals surface area contributed by atoms with Crippen LogP contribution in [0.5, 0.6) is 0 Å². The largest absolute Gasteiger partial charge is 0.478 e. The van der Waals surface area contributed by atoms with E-state index in [2.05, 4.69) is 66.8 Å². The zero-order chi connectivity index (χ0) is 52.1. The second-order valence-corrected chi connectivity index (χ2v) is 28.9. The van der Waals surface area contributed by atoms with Gasteiger partial charge in [0.2, 0.25) is 0 Å². The smallest absolute Gasteiger partial charge is 0.328 e. The first-order valence-corrected chi connectivity index (χ1v) is 29.3. The molecule has 0 aliphatic carbocycles. The second kappa shape index (κ2) is 26.3. The van der Waals surface area contributed by atoms with Crippen LogP contribution < -0.4 is 0 Å². The summed E-state index contributed by atoms with van der Waals surface area (Å²) in [5.41, 5.74) is 0. The Kier molecular flexibility index (Phi) is 22.6. The van der Waals surface area contributed by atoms with Gasteiger partial charge in [-0.1, -0.05) is 108 Å². The van der Waals surface area contributed by atoms with Crippen LogP contribution in [0, 0.1) is 11.8 Å². The summed E-state index contributed by atoms with van der Waals surface area (Å²) in [4.78, 5) is 10.6. The van der Waals surface area contributed by atoms with Crippen molar-refractivity contribution in [3.05, 3.63) is 72.9 Å². The molecule has 0 bridgehead atoms. The first-order valence-electron chi connectivity index (χ1n) is 26.4. The van der Waals surface area contributed by atoms with E-state index in [4.69, 9.17) is 47.4 Å². The molecule has 0 saturated carbocycles. The minimum atomic E-state index is -2.10. The summed E-state index contributed by atoms with van der Waals surface area (Å²) in [5, 5.41) is 19.4. The fourth-order valence-corrected chi connectivity index (χ4v) is 11.6. The van der Waals surface area contributed by atoms with E-state index in [0.717, 1.165) is 76.7 Å². The Morgan fingerprint density at radius 2 is 0.929 bits per heavy atom. The Bertz CT molecular complexity index is 1790. The van der Waals surface area contributed by atoms with Crippen LogP contribution in [0.2, 0.25) is 18.1 Å². The van der Waals surface area contributed by atoms with Gasteiger partial charge in [-0.15, -0.1) is 0 Å². The average Bonchev–Trinajstić information content (AvgIpc) is 3.18. The van der Waals surface area contributed by atoms with Crippen molar-refractivity contribution < 1.29 is 57.3 Å². The van der Waals surface area contributed by atoms with Gasteiger partial charge in [-0.2, -0.15) is 0 Å². The molecule has 4 heterocycles. The molecule has 11 atom stereocenters. The number of aliphatic hydroxyl groups excluding tert-OH is 1. The molecular weight excluding hydrogens is 905 g/mol. The van der Waals surface area contributed by atoms with Gasteiger partial charge in [-0.25, -0.2) is 4.79 Å². The van der Waals surface area contributed by atoms with Gasteiger partial charge in [-0.05, 0) is 111 Å². The highest BCUT2D eigenvalue weighted by molar-refractivity contribution is 6.74. The number of carboxylic acid groups (broad SMARTS) is 1. The Labute approximate surface area is 424 Å². The predicted octanol–water partition coefficient (Wildman–Crippen LogP) is 12.8. The van der Waals surface area contributed by atoms with Crippen LogP contribution >= 0.6 is 0 Å². The van der Waals surface area contributed by atoms with E-state index >= 15 is 0 Å². The van der Waals surface area contributed by atoms with Crippen LogP contribution in [0.3, 0.4) is 0 Å². The molecule has 12 nitrogen and oxygen atoms in total. The molecule has 0 aromatic heterocycles. The molecule has 0 aromatic rings. The summed E-state index contributed by atoms with van der Waals surface area (Å²) in [7, 11) is -2.10. The van der Waals surface area contributed by atoms with Gasteiger partial charge in [0.15, 0.2) is 31.5 Å². The lowest BCUT2D eigenvalue weighted by Gasteiger charge is -2.47. The minimum absolute atomic E-state index is 0.0173. The van der Waals surface area contributed by atoms with E-state index < -0.39 is 37.4 Å². The van der Waals surface area contributed by atoms with Crippen molar-refractivity contribution in [2.45, 2.75) is 270 Å². The van der Waals surface area contributed by atoms with E-state index in [-0.39, 0.29) is 77.9 Å². The van der Waals surface area contributed by atoms with Crippen LogP contribution in [0.4, 0.5) is 0 Å². The van der Waals surface area contributed by atoms with E-state index in [1.54, 1.807) is 12.2 Å². The van der Waals surface area contributed by atoms with Gasteiger partial charge < -0.3 is 52.5 Å². The Hall–Kier alpha value is -2.27. The van der Waals surface area contributed by atoms with Gasteiger partial charge in [0.05, 0.1) is 61.0 Å². The zero-order valence-corrected chi connectivity index (χ0v) is 47.1. The number of hydrogen-bond donors (Lipinski definition) is 2. The summed E-state index contributed by atoms with van der Waals surface area (Å²) in [6, 6.07) is 0. The van der Waals surface area contributed by atoms with Crippen molar-refractivity contribution in [2.75, 3.05) is 0 Å². The third-order valence-corrected chi connectivity index (χ3v) is 18.6. The van der Waals surface area contributed by atoms with Gasteiger partial charge >= 0.3 is 5.97 Å². The van der Waals surface area contributed by atoms with Crippen molar-refractivity contribution in [2.24, 2.45) is 11.8 Å². The summed E-state index contributed by atoms with van der Waals surface area (Å²) in [5.74, 6) is -3.54. The van der Waals surface area contributed by atoms with Crippen LogP contribution in [0.15, 0.2) is 72.9 Å². The molecule has 13 heteroatoms. The molecule has 4 aliphatic heterocycles. The molecule has 4 aliphatic rings. The number of aliphatic hydroxyl groups is 1. The quantitative estimate of drug-likeness (QED) is 0.0572. The van der Waals surface area contributed by atoms with Crippen LogP contribution in [0.1, 0.15) is 168 Å². The van der Waals surface area contributed by atoms with Gasteiger partial charge in [0, 0.05) is 51.0 Å². The second-order valence-electron chi connectivity index (χ2n) is 24.1. The topological polar surface area (TPSA) is 141 Å². The fraction of sp³-hybridized carbons (Fsp3) is 0.772. The lowest BCUT2D eigenvalue weighted by molar-refractivity contribution is -0.339. The number of hydrogen-bond acceptors (Lipinski definition) is 11. The molecule has 70 heavy (non-hydrogen) atoms. The molecule has 4 saturated heterocycles. The molecule has 0 spiro atoms. The lowest BCUT2D eigenvalue weighted by atomic mass is 9.88. The SMILES string of the molecule is CC(C)[C@H](O)[C@@H](C)CC[C@H]1C[C@@H](C[C@H]2C[C@H](C[C@H]3C[C@H](C[C@@H]4C[C@H](C[C@@H](C/C=C/C=C/C=C/C=C/C=C/C=C/C(=O)O)O[Si](C)(C)C(C)(C)C)OC(C)(C)O4)OC(C)(C)O3)OC(C)(C)O2)OC(C)(C)O1. The van der Waals surface area contributed by atoms with E-state index in [0.29, 0.717) is 0 Å². The fourth-order valence-electron chi connectivity index (χ4n) is 10.3. The van der Waals surface area contributed by atoms with Crippen LogP contribution in [-0.2, 0) is 47.1 Å². The van der Waals surface area contributed by atoms with Crippen molar-refractivity contribution in [1.82, 2.24) is 0 Å². The molecule has 4 fully saturated rings. The molecule has 2 N–H and O–H groups in total. The number of carboxylic acids is 1. The summed E-state index contributed by atoms with van der Waals surface area (Å²) < 4.78 is 59.8. The molecule has 4 rings (SSSR count). The lowest BCUT2D eigenvalue weighted by Crippen LogP contribution is -2.52. The Morgan fingerprint density at radius 3 is 1.31 bits per heavy atom. The van der Waals surface area contributed by atoms with E-state index in [9.17, 15) is 9.90 Å². The predicted molar refractivity (Wildman–Crippen MR) is 281 cm³/mol. The Balaban J connectivity index is 1.37. The van der Waals surface area contributed by atoms with Crippen molar-refractivity contribution in [1.29, 1.82) is 0 Å². The van der Waals surface area contributed by atoms with Crippen molar-refractivity contribution >= 4 is 14.3 Å². The molecule has 0 radical (unpaired) electrons. The summed E-state index contributed by atoms with van der Waals surface area (Å²) in [6.45, 7) is 33.8. The highest BCUT2D eigenvalue weighted by Crippen LogP contribution is 2.42. The molecule has 0 amide bonds. The van der Waals surface area contributed by atoms with Crippen LogP contribution in [0.25, 0.3) is 0 Å². The third kappa shape index (κ3) is 21.7. The summed E-state index contributed by atoms with van der Waals surface area (Å²) in [6.07, 6.45) is 29.7. The summed E-state index contributed by atoms with van der Waals surface area (Å²) >= 11 is 0. The van der Waals surface area contributed by atoms with Crippen LogP contribution in [-0.4, -0.2) is 109 Å². The van der Waals surface area contributed by atoms with Gasteiger partial charge in [-0.3, -0.25) is 0 Å². The first kappa shape index (κ1) is 60.3. The third-order valence-electron chi connectivity index (χ3n) is 14.1.